The number of rotatable bonds is 7. The second kappa shape index (κ2) is 7.25. The molecule has 114 valence electrons. The first-order valence-corrected chi connectivity index (χ1v) is 7.78. The molecule has 0 aliphatic heterocycles. The van der Waals surface area contributed by atoms with Gasteiger partial charge < -0.3 is 15.0 Å². The van der Waals surface area contributed by atoms with Crippen LogP contribution in [0.4, 0.5) is 0 Å². The summed E-state index contributed by atoms with van der Waals surface area (Å²) in [6.45, 7) is 5.21. The Morgan fingerprint density at radius 3 is 2.59 bits per heavy atom. The van der Waals surface area contributed by atoms with Gasteiger partial charge in [-0.25, -0.2) is 0 Å². The molecule has 1 aromatic heterocycles. The van der Waals surface area contributed by atoms with Crippen molar-refractivity contribution < 1.29 is 4.74 Å². The minimum absolute atomic E-state index is 0.694. The predicted octanol–water partition coefficient (Wildman–Crippen LogP) is 3.99. The molecular formula is C19H22N2O. The van der Waals surface area contributed by atoms with Gasteiger partial charge in [0.05, 0.1) is 6.61 Å². The third-order valence-corrected chi connectivity index (χ3v) is 3.83. The van der Waals surface area contributed by atoms with Crippen LogP contribution in [0, 0.1) is 0 Å². The van der Waals surface area contributed by atoms with E-state index in [9.17, 15) is 0 Å². The molecule has 0 atom stereocenters. The molecule has 2 N–H and O–H groups in total. The highest BCUT2D eigenvalue weighted by Crippen LogP contribution is 2.17. The highest BCUT2D eigenvalue weighted by Gasteiger charge is 2.01. The number of aromatic nitrogens is 1. The van der Waals surface area contributed by atoms with E-state index in [1.807, 2.05) is 13.1 Å². The maximum absolute atomic E-state index is 5.41. The van der Waals surface area contributed by atoms with Crippen molar-refractivity contribution in [1.82, 2.24) is 10.3 Å². The Morgan fingerprint density at radius 2 is 1.77 bits per heavy atom. The molecule has 0 aliphatic rings. The number of ether oxygens (including phenoxy) is 1. The van der Waals surface area contributed by atoms with Gasteiger partial charge in [-0.15, -0.1) is 0 Å². The summed E-state index contributed by atoms with van der Waals surface area (Å²) in [6, 6.07) is 17.1. The highest BCUT2D eigenvalue weighted by molar-refractivity contribution is 5.82. The Hall–Kier alpha value is -2.10. The zero-order valence-corrected chi connectivity index (χ0v) is 12.9. The number of hydrogen-bond acceptors (Lipinski definition) is 2. The third-order valence-electron chi connectivity index (χ3n) is 3.83. The molecule has 3 heteroatoms. The van der Waals surface area contributed by atoms with Gasteiger partial charge in [-0.2, -0.15) is 0 Å². The number of aromatic amines is 1. The van der Waals surface area contributed by atoms with Gasteiger partial charge in [0.15, 0.2) is 0 Å². The minimum atomic E-state index is 0.694. The van der Waals surface area contributed by atoms with Crippen LogP contribution in [0.3, 0.4) is 0 Å². The summed E-state index contributed by atoms with van der Waals surface area (Å²) in [4.78, 5) is 3.25. The van der Waals surface area contributed by atoms with Crippen molar-refractivity contribution >= 4 is 10.9 Å². The molecule has 0 saturated carbocycles. The first-order chi connectivity index (χ1) is 10.9. The lowest BCUT2D eigenvalue weighted by molar-refractivity contribution is 0.134. The lowest BCUT2D eigenvalue weighted by atomic mass is 10.1. The fourth-order valence-electron chi connectivity index (χ4n) is 2.62. The van der Waals surface area contributed by atoms with Crippen molar-refractivity contribution in [3.63, 3.8) is 0 Å². The summed E-state index contributed by atoms with van der Waals surface area (Å²) < 4.78 is 5.41. The summed E-state index contributed by atoms with van der Waals surface area (Å²) >= 11 is 0. The maximum Gasteiger partial charge on any atom is 0.0716 e. The maximum atomic E-state index is 5.41. The monoisotopic (exact) mass is 294 g/mol. The number of nitrogens with one attached hydrogen (secondary N) is 2. The summed E-state index contributed by atoms with van der Waals surface area (Å²) in [5.74, 6) is 0. The molecule has 0 radical (unpaired) electrons. The van der Waals surface area contributed by atoms with Gasteiger partial charge in [-0.05, 0) is 35.7 Å². The molecule has 1 heterocycles. The minimum Gasteiger partial charge on any atom is -0.377 e. The quantitative estimate of drug-likeness (QED) is 0.691. The van der Waals surface area contributed by atoms with E-state index in [0.717, 1.165) is 19.7 Å². The standard InChI is InChI=1S/C19H22N2O/c1-2-22-14-16-8-6-15(7-9-16)12-20-13-17-4-3-5-19-18(17)10-11-21-19/h3-11,20-21H,2,12-14H2,1H3. The Balaban J connectivity index is 1.55. The topological polar surface area (TPSA) is 37.0 Å². The Morgan fingerprint density at radius 1 is 0.955 bits per heavy atom. The molecule has 2 aromatic carbocycles. The molecule has 0 fully saturated rings. The van der Waals surface area contributed by atoms with Crippen LogP contribution in [-0.4, -0.2) is 11.6 Å². The molecule has 0 saturated heterocycles. The van der Waals surface area contributed by atoms with Crippen LogP contribution in [0.1, 0.15) is 23.6 Å². The molecule has 3 rings (SSSR count). The SMILES string of the molecule is CCOCc1ccc(CNCc2cccc3[nH]ccc23)cc1. The molecular weight excluding hydrogens is 272 g/mol. The Bertz CT molecular complexity index is 716. The van der Waals surface area contributed by atoms with Crippen LogP contribution >= 0.6 is 0 Å². The van der Waals surface area contributed by atoms with Crippen LogP contribution in [0.2, 0.25) is 0 Å². The van der Waals surface area contributed by atoms with Crippen molar-refractivity contribution in [1.29, 1.82) is 0 Å². The van der Waals surface area contributed by atoms with E-state index in [0.29, 0.717) is 6.61 Å². The predicted molar refractivity (Wildman–Crippen MR) is 90.6 cm³/mol. The lowest BCUT2D eigenvalue weighted by Crippen LogP contribution is -2.12. The smallest absolute Gasteiger partial charge is 0.0716 e. The van der Waals surface area contributed by atoms with E-state index in [1.54, 1.807) is 0 Å². The zero-order valence-electron chi connectivity index (χ0n) is 12.9. The normalized spacial score (nSPS) is 11.1. The Labute approximate surface area is 131 Å². The summed E-state index contributed by atoms with van der Waals surface area (Å²) in [5, 5.41) is 4.81. The molecule has 0 bridgehead atoms. The van der Waals surface area contributed by atoms with E-state index in [1.165, 1.54) is 27.6 Å². The number of benzene rings is 2. The van der Waals surface area contributed by atoms with Crippen molar-refractivity contribution in [2.45, 2.75) is 26.6 Å². The molecule has 3 aromatic rings. The van der Waals surface area contributed by atoms with Crippen molar-refractivity contribution in [3.05, 3.63) is 71.4 Å². The van der Waals surface area contributed by atoms with Crippen molar-refractivity contribution in [2.24, 2.45) is 0 Å². The van der Waals surface area contributed by atoms with Crippen molar-refractivity contribution in [2.75, 3.05) is 6.61 Å². The molecule has 0 amide bonds. The molecule has 22 heavy (non-hydrogen) atoms. The number of H-pyrrole nitrogens is 1. The fourth-order valence-corrected chi connectivity index (χ4v) is 2.62. The van der Waals surface area contributed by atoms with Gasteiger partial charge in [0, 0.05) is 36.8 Å². The number of hydrogen-bond donors (Lipinski definition) is 2. The van der Waals surface area contributed by atoms with E-state index < -0.39 is 0 Å². The average molecular weight is 294 g/mol. The van der Waals surface area contributed by atoms with Gasteiger partial charge in [0.2, 0.25) is 0 Å². The van der Waals surface area contributed by atoms with E-state index in [-0.39, 0.29) is 0 Å². The molecule has 0 aliphatic carbocycles. The fraction of sp³-hybridized carbons (Fsp3) is 0.263. The van der Waals surface area contributed by atoms with Gasteiger partial charge in [-0.3, -0.25) is 0 Å². The summed E-state index contributed by atoms with van der Waals surface area (Å²) in [6.07, 6.45) is 1.99. The second-order valence-electron chi connectivity index (χ2n) is 5.41. The number of fused-ring (bicyclic) bond motifs is 1. The van der Waals surface area contributed by atoms with E-state index in [4.69, 9.17) is 4.74 Å². The van der Waals surface area contributed by atoms with Gasteiger partial charge in [-0.1, -0.05) is 36.4 Å². The molecule has 0 spiro atoms. The van der Waals surface area contributed by atoms with Crippen LogP contribution in [0.25, 0.3) is 10.9 Å². The van der Waals surface area contributed by atoms with Gasteiger partial charge in [0.1, 0.15) is 0 Å². The zero-order chi connectivity index (χ0) is 15.2. The summed E-state index contributed by atoms with van der Waals surface area (Å²) in [7, 11) is 0. The van der Waals surface area contributed by atoms with Crippen LogP contribution in [-0.2, 0) is 24.4 Å². The first-order valence-electron chi connectivity index (χ1n) is 7.78. The second-order valence-corrected chi connectivity index (χ2v) is 5.41. The van der Waals surface area contributed by atoms with Gasteiger partial charge >= 0.3 is 0 Å². The molecule has 3 nitrogen and oxygen atoms in total. The van der Waals surface area contributed by atoms with E-state index in [2.05, 4.69) is 58.8 Å². The van der Waals surface area contributed by atoms with Crippen LogP contribution < -0.4 is 5.32 Å². The van der Waals surface area contributed by atoms with Gasteiger partial charge in [0.25, 0.3) is 0 Å². The first kappa shape index (κ1) is 14.8. The molecule has 0 unspecified atom stereocenters. The average Bonchev–Trinajstić information content (AvgIpc) is 3.03. The van der Waals surface area contributed by atoms with Crippen LogP contribution in [0.15, 0.2) is 54.7 Å². The van der Waals surface area contributed by atoms with Crippen LogP contribution in [0.5, 0.6) is 0 Å². The largest absolute Gasteiger partial charge is 0.377 e. The van der Waals surface area contributed by atoms with E-state index >= 15 is 0 Å². The van der Waals surface area contributed by atoms with Crippen molar-refractivity contribution in [3.8, 4) is 0 Å². The summed E-state index contributed by atoms with van der Waals surface area (Å²) in [5.41, 5.74) is 5.04. The Kier molecular flexibility index (Phi) is 4.88. The third kappa shape index (κ3) is 3.56. The lowest BCUT2D eigenvalue weighted by Gasteiger charge is -2.08. The highest BCUT2D eigenvalue weighted by atomic mass is 16.5.